The summed E-state index contributed by atoms with van der Waals surface area (Å²) in [6, 6.07) is 5.45. The van der Waals surface area contributed by atoms with Gasteiger partial charge in [0, 0.05) is 20.6 Å². The van der Waals surface area contributed by atoms with Crippen molar-refractivity contribution in [2.45, 2.75) is 31.8 Å². The number of amides is 1. The van der Waals surface area contributed by atoms with Crippen LogP contribution in [0.3, 0.4) is 0 Å². The molecule has 0 saturated carbocycles. The Morgan fingerprint density at radius 2 is 1.96 bits per heavy atom. The molecular weight excluding hydrogens is 372 g/mol. The number of aryl methyl sites for hydroxylation is 1. The minimum atomic E-state index is -3.62. The maximum Gasteiger partial charge on any atom is 0.246 e. The van der Waals surface area contributed by atoms with E-state index >= 15 is 0 Å². The van der Waals surface area contributed by atoms with E-state index in [4.69, 9.17) is 9.47 Å². The summed E-state index contributed by atoms with van der Waals surface area (Å²) in [4.78, 5) is 12.4. The number of carbonyl (C=O) groups excluding carboxylic acids is 1. The van der Waals surface area contributed by atoms with Crippen molar-refractivity contribution in [2.75, 3.05) is 20.9 Å². The number of nitrogens with one attached hydrogen (secondary N) is 1. The van der Waals surface area contributed by atoms with Crippen molar-refractivity contribution in [3.8, 4) is 11.5 Å². The fraction of sp³-hybridized carbons (Fsp3) is 0.412. The van der Waals surface area contributed by atoms with E-state index in [1.807, 2.05) is 12.1 Å². The summed E-state index contributed by atoms with van der Waals surface area (Å²) >= 11 is 0. The number of carbonyl (C=O) groups is 1. The van der Waals surface area contributed by atoms with Crippen LogP contribution in [0.4, 0.5) is 0 Å². The smallest absolute Gasteiger partial charge is 0.246 e. The number of nitrogens with zero attached hydrogens (tertiary/aromatic N) is 3. The number of aromatic nitrogens is 2. The van der Waals surface area contributed by atoms with Gasteiger partial charge in [-0.3, -0.25) is 9.48 Å². The van der Waals surface area contributed by atoms with Crippen molar-refractivity contribution in [1.82, 2.24) is 19.4 Å². The Labute approximate surface area is 157 Å². The second-order valence-corrected chi connectivity index (χ2v) is 8.50. The highest BCUT2D eigenvalue weighted by atomic mass is 32.2. The molecule has 1 aromatic heterocycles. The fourth-order valence-electron chi connectivity index (χ4n) is 2.83. The lowest BCUT2D eigenvalue weighted by Gasteiger charge is -2.12. The van der Waals surface area contributed by atoms with Crippen molar-refractivity contribution < 1.29 is 22.7 Å². The van der Waals surface area contributed by atoms with Gasteiger partial charge in [0.15, 0.2) is 11.5 Å². The molecule has 9 nitrogen and oxygen atoms in total. The maximum atomic E-state index is 12.4. The molecule has 0 saturated heterocycles. The number of sulfonamides is 1. The van der Waals surface area contributed by atoms with E-state index in [0.717, 1.165) is 9.87 Å². The minimum Gasteiger partial charge on any atom is -0.454 e. The van der Waals surface area contributed by atoms with Gasteiger partial charge in [0.1, 0.15) is 11.4 Å². The Morgan fingerprint density at radius 3 is 2.67 bits per heavy atom. The van der Waals surface area contributed by atoms with Crippen LogP contribution in [0.15, 0.2) is 23.1 Å². The molecule has 146 valence electrons. The van der Waals surface area contributed by atoms with Crippen molar-refractivity contribution in [2.24, 2.45) is 0 Å². The Morgan fingerprint density at radius 1 is 1.26 bits per heavy atom. The monoisotopic (exact) mass is 394 g/mol. The molecule has 1 aliphatic rings. The molecule has 0 unspecified atom stereocenters. The Bertz CT molecular complexity index is 981. The number of rotatable bonds is 6. The average Bonchev–Trinajstić information content (AvgIpc) is 3.17. The van der Waals surface area contributed by atoms with Crippen LogP contribution < -0.4 is 14.8 Å². The highest BCUT2D eigenvalue weighted by Crippen LogP contribution is 2.32. The van der Waals surface area contributed by atoms with Crippen LogP contribution in [0.1, 0.15) is 17.0 Å². The third-order valence-corrected chi connectivity index (χ3v) is 6.34. The predicted molar refractivity (Wildman–Crippen MR) is 97.0 cm³/mol. The lowest BCUT2D eigenvalue weighted by atomic mass is 10.2. The van der Waals surface area contributed by atoms with E-state index in [2.05, 4.69) is 10.4 Å². The molecule has 2 aromatic rings. The normalized spacial score (nSPS) is 13.2. The van der Waals surface area contributed by atoms with Gasteiger partial charge in [-0.25, -0.2) is 12.7 Å². The molecule has 1 aromatic carbocycles. The maximum absolute atomic E-state index is 12.4. The van der Waals surface area contributed by atoms with Gasteiger partial charge in [-0.05, 0) is 31.5 Å². The molecule has 2 heterocycles. The van der Waals surface area contributed by atoms with E-state index in [9.17, 15) is 13.2 Å². The van der Waals surface area contributed by atoms with Crippen LogP contribution in [0.25, 0.3) is 0 Å². The molecule has 10 heteroatoms. The van der Waals surface area contributed by atoms with E-state index in [1.165, 1.54) is 18.8 Å². The molecule has 0 aliphatic carbocycles. The second kappa shape index (κ2) is 7.20. The molecule has 3 rings (SSSR count). The SMILES string of the molecule is Cc1nn(CC(=O)NCc2ccc3c(c2)OCO3)c(C)c1S(=O)(=O)N(C)C. The number of ether oxygens (including phenoxy) is 2. The molecule has 0 spiro atoms. The average molecular weight is 394 g/mol. The van der Waals surface area contributed by atoms with Gasteiger partial charge in [0.2, 0.25) is 22.7 Å². The minimum absolute atomic E-state index is 0.0693. The first kappa shape index (κ1) is 19.2. The summed E-state index contributed by atoms with van der Waals surface area (Å²) < 4.78 is 38.0. The third-order valence-electron chi connectivity index (χ3n) is 4.27. The van der Waals surface area contributed by atoms with Crippen molar-refractivity contribution in [3.05, 3.63) is 35.2 Å². The molecule has 27 heavy (non-hydrogen) atoms. The molecule has 0 radical (unpaired) electrons. The summed E-state index contributed by atoms with van der Waals surface area (Å²) in [5, 5.41) is 7.01. The molecular formula is C17H22N4O5S. The van der Waals surface area contributed by atoms with Gasteiger partial charge in [0.25, 0.3) is 0 Å². The van der Waals surface area contributed by atoms with Crippen LogP contribution >= 0.6 is 0 Å². The largest absolute Gasteiger partial charge is 0.454 e. The molecule has 0 bridgehead atoms. The Balaban J connectivity index is 1.68. The highest BCUT2D eigenvalue weighted by molar-refractivity contribution is 7.89. The second-order valence-electron chi connectivity index (χ2n) is 6.41. The van der Waals surface area contributed by atoms with E-state index < -0.39 is 10.0 Å². The van der Waals surface area contributed by atoms with Crippen molar-refractivity contribution >= 4 is 15.9 Å². The molecule has 1 N–H and O–H groups in total. The molecule has 1 amide bonds. The van der Waals surface area contributed by atoms with Gasteiger partial charge >= 0.3 is 0 Å². The van der Waals surface area contributed by atoms with Crippen LogP contribution in [0, 0.1) is 13.8 Å². The lowest BCUT2D eigenvalue weighted by Crippen LogP contribution is -2.28. The summed E-state index contributed by atoms with van der Waals surface area (Å²) in [7, 11) is -0.698. The van der Waals surface area contributed by atoms with Gasteiger partial charge in [-0.15, -0.1) is 0 Å². The van der Waals surface area contributed by atoms with Gasteiger partial charge < -0.3 is 14.8 Å². The zero-order chi connectivity index (χ0) is 19.8. The zero-order valence-electron chi connectivity index (χ0n) is 15.6. The van der Waals surface area contributed by atoms with Crippen molar-refractivity contribution in [3.63, 3.8) is 0 Å². The predicted octanol–water partition coefficient (Wildman–Crippen LogP) is 0.795. The van der Waals surface area contributed by atoms with E-state index in [0.29, 0.717) is 29.4 Å². The van der Waals surface area contributed by atoms with E-state index in [1.54, 1.807) is 19.9 Å². The highest BCUT2D eigenvalue weighted by Gasteiger charge is 2.27. The number of benzene rings is 1. The molecule has 0 fully saturated rings. The standard InChI is InChI=1S/C17H22N4O5S/c1-11-17(27(23,24)20(3)4)12(2)21(19-11)9-16(22)18-8-13-5-6-14-15(7-13)26-10-25-14/h5-7H,8-10H2,1-4H3,(H,18,22). The first-order valence-electron chi connectivity index (χ1n) is 8.32. The summed E-state index contributed by atoms with van der Waals surface area (Å²) in [6.07, 6.45) is 0. The molecule has 0 atom stereocenters. The fourth-order valence-corrected chi connectivity index (χ4v) is 4.09. The number of fused-ring (bicyclic) bond motifs is 1. The third kappa shape index (κ3) is 3.76. The summed E-state index contributed by atoms with van der Waals surface area (Å²) in [5.74, 6) is 1.06. The van der Waals surface area contributed by atoms with Crippen LogP contribution in [-0.2, 0) is 27.9 Å². The summed E-state index contributed by atoms with van der Waals surface area (Å²) in [5.41, 5.74) is 1.67. The number of hydrogen-bond donors (Lipinski definition) is 1. The van der Waals surface area contributed by atoms with Gasteiger partial charge in [-0.1, -0.05) is 6.07 Å². The zero-order valence-corrected chi connectivity index (χ0v) is 16.5. The van der Waals surface area contributed by atoms with Crippen LogP contribution in [0.2, 0.25) is 0 Å². The van der Waals surface area contributed by atoms with Crippen molar-refractivity contribution in [1.29, 1.82) is 0 Å². The molecule has 1 aliphatic heterocycles. The van der Waals surface area contributed by atoms with Crippen LogP contribution in [0.5, 0.6) is 11.5 Å². The number of hydrogen-bond acceptors (Lipinski definition) is 6. The quantitative estimate of drug-likeness (QED) is 0.777. The first-order chi connectivity index (χ1) is 12.7. The lowest BCUT2D eigenvalue weighted by molar-refractivity contribution is -0.122. The van der Waals surface area contributed by atoms with Gasteiger partial charge in [-0.2, -0.15) is 5.10 Å². The van der Waals surface area contributed by atoms with E-state index in [-0.39, 0.29) is 24.1 Å². The van der Waals surface area contributed by atoms with Crippen LogP contribution in [-0.4, -0.2) is 49.3 Å². The van der Waals surface area contributed by atoms with Gasteiger partial charge in [0.05, 0.1) is 11.4 Å². The Hall–Kier alpha value is -2.59. The topological polar surface area (TPSA) is 103 Å². The summed E-state index contributed by atoms with van der Waals surface area (Å²) in [6.45, 7) is 3.70. The first-order valence-corrected chi connectivity index (χ1v) is 9.76. The Kier molecular flexibility index (Phi) is 5.11.